The molecular formula is C13H8ClN5OS. The fourth-order valence-electron chi connectivity index (χ4n) is 1.99. The number of halogens is 1. The summed E-state index contributed by atoms with van der Waals surface area (Å²) in [5.41, 5.74) is 1.56. The van der Waals surface area contributed by atoms with Gasteiger partial charge in [-0.15, -0.1) is 10.2 Å². The van der Waals surface area contributed by atoms with Gasteiger partial charge < -0.3 is 4.52 Å². The summed E-state index contributed by atoms with van der Waals surface area (Å²) < 4.78 is 6.74. The van der Waals surface area contributed by atoms with Crippen LogP contribution in [0.1, 0.15) is 5.76 Å². The summed E-state index contributed by atoms with van der Waals surface area (Å²) in [7, 11) is 0. The van der Waals surface area contributed by atoms with Crippen LogP contribution in [-0.2, 0) is 0 Å². The Hall–Kier alpha value is -2.25. The Morgan fingerprint density at radius 3 is 2.90 bits per heavy atom. The van der Waals surface area contributed by atoms with Crippen molar-refractivity contribution in [3.8, 4) is 22.1 Å². The second kappa shape index (κ2) is 4.64. The molecule has 3 heterocycles. The molecule has 0 spiro atoms. The number of hydrogen-bond donors (Lipinski definition) is 0. The molecule has 4 aromatic rings. The number of aromatic nitrogens is 5. The molecule has 0 aliphatic carbocycles. The normalized spacial score (nSPS) is 11.3. The van der Waals surface area contributed by atoms with Crippen LogP contribution in [0.2, 0.25) is 5.02 Å². The standard InChI is InChI=1S/C13H8ClN5OS/c1-7-5-10(18-20-7)11-15-16-13-19(11)17-12(21-13)8-3-2-4-9(14)6-8/h2-6H,1H3. The van der Waals surface area contributed by atoms with Crippen molar-refractivity contribution in [2.45, 2.75) is 6.92 Å². The zero-order valence-electron chi connectivity index (χ0n) is 10.8. The first-order chi connectivity index (χ1) is 10.2. The molecule has 0 amide bonds. The smallest absolute Gasteiger partial charge is 0.235 e. The molecule has 1 aromatic carbocycles. The van der Waals surface area contributed by atoms with Crippen molar-refractivity contribution in [1.82, 2.24) is 25.0 Å². The van der Waals surface area contributed by atoms with E-state index in [0.29, 0.717) is 27.3 Å². The summed E-state index contributed by atoms with van der Waals surface area (Å²) >= 11 is 7.46. The van der Waals surface area contributed by atoms with Gasteiger partial charge >= 0.3 is 0 Å². The maximum absolute atomic E-state index is 6.02. The van der Waals surface area contributed by atoms with E-state index in [0.717, 1.165) is 10.6 Å². The molecular weight excluding hydrogens is 310 g/mol. The van der Waals surface area contributed by atoms with Crippen molar-refractivity contribution in [3.05, 3.63) is 41.1 Å². The fraction of sp³-hybridized carbons (Fsp3) is 0.0769. The summed E-state index contributed by atoms with van der Waals surface area (Å²) in [6, 6.07) is 9.34. The largest absolute Gasteiger partial charge is 0.361 e. The monoisotopic (exact) mass is 317 g/mol. The molecule has 3 aromatic heterocycles. The lowest BCUT2D eigenvalue weighted by molar-refractivity contribution is 0.399. The predicted molar refractivity (Wildman–Crippen MR) is 79.3 cm³/mol. The van der Waals surface area contributed by atoms with Gasteiger partial charge in [-0.05, 0) is 19.1 Å². The van der Waals surface area contributed by atoms with E-state index in [2.05, 4.69) is 20.5 Å². The molecule has 0 bridgehead atoms. The Balaban J connectivity index is 1.86. The second-order valence-corrected chi connectivity index (χ2v) is 5.85. The van der Waals surface area contributed by atoms with E-state index in [1.165, 1.54) is 11.3 Å². The Labute approximate surface area is 128 Å². The van der Waals surface area contributed by atoms with E-state index >= 15 is 0 Å². The van der Waals surface area contributed by atoms with Crippen molar-refractivity contribution in [1.29, 1.82) is 0 Å². The van der Waals surface area contributed by atoms with Crippen molar-refractivity contribution >= 4 is 27.9 Å². The van der Waals surface area contributed by atoms with E-state index in [1.54, 1.807) is 10.6 Å². The Morgan fingerprint density at radius 2 is 2.14 bits per heavy atom. The lowest BCUT2D eigenvalue weighted by Gasteiger charge is -1.95. The van der Waals surface area contributed by atoms with Crippen molar-refractivity contribution in [3.63, 3.8) is 0 Å². The Morgan fingerprint density at radius 1 is 1.24 bits per heavy atom. The Bertz CT molecular complexity index is 941. The number of benzene rings is 1. The van der Waals surface area contributed by atoms with Gasteiger partial charge in [0.2, 0.25) is 10.8 Å². The summed E-state index contributed by atoms with van der Waals surface area (Å²) in [6.45, 7) is 1.83. The summed E-state index contributed by atoms with van der Waals surface area (Å²) in [6.07, 6.45) is 0. The summed E-state index contributed by atoms with van der Waals surface area (Å²) in [4.78, 5) is 0.695. The average molecular weight is 318 g/mol. The first-order valence-electron chi connectivity index (χ1n) is 6.12. The quantitative estimate of drug-likeness (QED) is 0.566. The number of fused-ring (bicyclic) bond motifs is 1. The predicted octanol–water partition coefficient (Wildman–Crippen LogP) is 3.47. The minimum atomic E-state index is 0.561. The molecule has 0 aliphatic heterocycles. The maximum Gasteiger partial charge on any atom is 0.235 e. The van der Waals surface area contributed by atoms with E-state index in [4.69, 9.17) is 16.1 Å². The molecule has 8 heteroatoms. The third-order valence-corrected chi connectivity index (χ3v) is 4.10. The van der Waals surface area contributed by atoms with E-state index in [1.807, 2.05) is 31.2 Å². The van der Waals surface area contributed by atoms with Crippen LogP contribution < -0.4 is 0 Å². The van der Waals surface area contributed by atoms with Gasteiger partial charge in [0, 0.05) is 16.7 Å². The molecule has 104 valence electrons. The van der Waals surface area contributed by atoms with Gasteiger partial charge in [-0.1, -0.05) is 40.2 Å². The maximum atomic E-state index is 6.02. The zero-order valence-corrected chi connectivity index (χ0v) is 12.4. The number of aryl methyl sites for hydroxylation is 1. The molecule has 0 atom stereocenters. The minimum Gasteiger partial charge on any atom is -0.361 e. The van der Waals surface area contributed by atoms with Gasteiger partial charge in [-0.3, -0.25) is 0 Å². The molecule has 6 nitrogen and oxygen atoms in total. The van der Waals surface area contributed by atoms with Crippen LogP contribution >= 0.6 is 22.9 Å². The van der Waals surface area contributed by atoms with Gasteiger partial charge in [-0.25, -0.2) is 0 Å². The SMILES string of the molecule is Cc1cc(-c2nnc3sc(-c4cccc(Cl)c4)nn23)no1. The second-order valence-electron chi connectivity index (χ2n) is 4.46. The number of hydrogen-bond acceptors (Lipinski definition) is 6. The molecule has 0 saturated carbocycles. The lowest BCUT2D eigenvalue weighted by atomic mass is 10.2. The lowest BCUT2D eigenvalue weighted by Crippen LogP contribution is -1.90. The van der Waals surface area contributed by atoms with Crippen molar-refractivity contribution in [2.24, 2.45) is 0 Å². The number of nitrogens with zero attached hydrogens (tertiary/aromatic N) is 5. The van der Waals surface area contributed by atoms with E-state index < -0.39 is 0 Å². The fourth-order valence-corrected chi connectivity index (χ4v) is 3.01. The van der Waals surface area contributed by atoms with E-state index in [9.17, 15) is 0 Å². The Kier molecular flexibility index (Phi) is 2.76. The highest BCUT2D eigenvalue weighted by Crippen LogP contribution is 2.29. The van der Waals surface area contributed by atoms with Gasteiger partial charge in [0.15, 0.2) is 5.69 Å². The molecule has 0 radical (unpaired) electrons. The van der Waals surface area contributed by atoms with Gasteiger partial charge in [-0.2, -0.15) is 9.61 Å². The highest BCUT2D eigenvalue weighted by Gasteiger charge is 2.17. The highest BCUT2D eigenvalue weighted by molar-refractivity contribution is 7.19. The number of rotatable bonds is 2. The molecule has 4 rings (SSSR count). The molecule has 0 aliphatic rings. The van der Waals surface area contributed by atoms with Crippen LogP contribution in [0.5, 0.6) is 0 Å². The van der Waals surface area contributed by atoms with Crippen LogP contribution in [0.4, 0.5) is 0 Å². The summed E-state index contributed by atoms with van der Waals surface area (Å²) in [5, 5.41) is 18.2. The minimum absolute atomic E-state index is 0.561. The van der Waals surface area contributed by atoms with Crippen LogP contribution in [0.15, 0.2) is 34.9 Å². The van der Waals surface area contributed by atoms with Gasteiger partial charge in [0.05, 0.1) is 0 Å². The molecule has 21 heavy (non-hydrogen) atoms. The zero-order chi connectivity index (χ0) is 14.4. The third-order valence-electron chi connectivity index (χ3n) is 2.92. The van der Waals surface area contributed by atoms with E-state index in [-0.39, 0.29) is 0 Å². The van der Waals surface area contributed by atoms with Crippen molar-refractivity contribution in [2.75, 3.05) is 0 Å². The molecule has 0 fully saturated rings. The van der Waals surface area contributed by atoms with Crippen molar-refractivity contribution < 1.29 is 4.52 Å². The van der Waals surface area contributed by atoms with Gasteiger partial charge in [0.1, 0.15) is 10.8 Å². The van der Waals surface area contributed by atoms with Crippen LogP contribution in [-0.4, -0.2) is 25.0 Å². The average Bonchev–Trinajstić information content (AvgIpc) is 3.13. The van der Waals surface area contributed by atoms with Crippen LogP contribution in [0, 0.1) is 6.92 Å². The first kappa shape index (κ1) is 12.5. The first-order valence-corrected chi connectivity index (χ1v) is 7.32. The molecule has 0 saturated heterocycles. The van der Waals surface area contributed by atoms with Crippen LogP contribution in [0.25, 0.3) is 27.1 Å². The topological polar surface area (TPSA) is 69.1 Å². The van der Waals surface area contributed by atoms with Gasteiger partial charge in [0.25, 0.3) is 0 Å². The van der Waals surface area contributed by atoms with Crippen LogP contribution in [0.3, 0.4) is 0 Å². The third kappa shape index (κ3) is 2.10. The molecule has 0 N–H and O–H groups in total. The summed E-state index contributed by atoms with van der Waals surface area (Å²) in [5.74, 6) is 1.28. The highest BCUT2D eigenvalue weighted by atomic mass is 35.5. The molecule has 0 unspecified atom stereocenters.